The quantitative estimate of drug-likeness (QED) is 0.109. The van der Waals surface area contributed by atoms with Gasteiger partial charge in [-0.3, -0.25) is 4.79 Å². The molecular formula is C40H61ClO14. The minimum atomic E-state index is -2.09. The fourth-order valence-corrected chi connectivity index (χ4v) is 8.49. The van der Waals surface area contributed by atoms with Gasteiger partial charge in [-0.15, -0.1) is 11.6 Å². The Morgan fingerprint density at radius 2 is 1.49 bits per heavy atom. The van der Waals surface area contributed by atoms with Crippen LogP contribution in [0.1, 0.15) is 74.7 Å². The van der Waals surface area contributed by atoms with E-state index >= 15 is 0 Å². The summed E-state index contributed by atoms with van der Waals surface area (Å²) >= 11 is 6.09. The first-order valence-electron chi connectivity index (χ1n) is 19.2. The summed E-state index contributed by atoms with van der Waals surface area (Å²) in [5, 5.41) is 57.2. The molecule has 14 nitrogen and oxygen atoms in total. The first-order valence-corrected chi connectivity index (χ1v) is 19.7. The second-order valence-electron chi connectivity index (χ2n) is 16.6. The van der Waals surface area contributed by atoms with Crippen molar-refractivity contribution < 1.29 is 68.2 Å². The Morgan fingerprint density at radius 1 is 0.909 bits per heavy atom. The zero-order valence-electron chi connectivity index (χ0n) is 33.5. The number of aliphatic hydroxyl groups is 5. The Hall–Kier alpha value is -1.68. The van der Waals surface area contributed by atoms with Crippen LogP contribution < -0.4 is 0 Å². The number of carbonyl (C=O) groups excluding carboxylic acids is 1. The van der Waals surface area contributed by atoms with Crippen molar-refractivity contribution in [3.63, 3.8) is 0 Å². The van der Waals surface area contributed by atoms with Gasteiger partial charge in [0, 0.05) is 50.2 Å². The normalized spacial score (nSPS) is 50.9. The lowest BCUT2D eigenvalue weighted by Crippen LogP contribution is -2.70. The molecule has 0 amide bonds. The Morgan fingerprint density at radius 3 is 2.05 bits per heavy atom. The highest BCUT2D eigenvalue weighted by molar-refractivity contribution is 6.22. The molecule has 0 radical (unpaired) electrons. The lowest BCUT2D eigenvalue weighted by atomic mass is 9.77. The summed E-state index contributed by atoms with van der Waals surface area (Å²) < 4.78 is 49.1. The van der Waals surface area contributed by atoms with Gasteiger partial charge in [0.25, 0.3) is 0 Å². The highest BCUT2D eigenvalue weighted by Crippen LogP contribution is 2.45. The van der Waals surface area contributed by atoms with E-state index in [-0.39, 0.29) is 23.6 Å². The fourth-order valence-electron chi connectivity index (χ4n) is 8.24. The average molecular weight is 801 g/mol. The molecule has 55 heavy (non-hydrogen) atoms. The maximum atomic E-state index is 13.8. The van der Waals surface area contributed by atoms with Crippen molar-refractivity contribution in [2.75, 3.05) is 14.2 Å². The van der Waals surface area contributed by atoms with E-state index in [1.165, 1.54) is 27.9 Å². The van der Waals surface area contributed by atoms with E-state index in [9.17, 15) is 30.3 Å². The summed E-state index contributed by atoms with van der Waals surface area (Å²) in [7, 11) is 2.91. The van der Waals surface area contributed by atoms with Crippen molar-refractivity contribution in [2.45, 2.75) is 171 Å². The van der Waals surface area contributed by atoms with Crippen LogP contribution in [0.2, 0.25) is 0 Å². The van der Waals surface area contributed by atoms with Crippen molar-refractivity contribution in [1.82, 2.24) is 0 Å². The monoisotopic (exact) mass is 800 g/mol. The number of halogens is 1. The lowest BCUT2D eigenvalue weighted by molar-refractivity contribution is -0.402. The number of hydrogen-bond donors (Lipinski definition) is 5. The molecule has 20 atom stereocenters. The van der Waals surface area contributed by atoms with E-state index in [0.717, 1.165) is 12.0 Å². The first-order chi connectivity index (χ1) is 25.7. The van der Waals surface area contributed by atoms with Crippen LogP contribution in [0.5, 0.6) is 0 Å². The predicted octanol–water partition coefficient (Wildman–Crippen LogP) is 2.33. The number of fused-ring (bicyclic) bond motifs is 2. The van der Waals surface area contributed by atoms with E-state index < -0.39 is 108 Å². The van der Waals surface area contributed by atoms with Gasteiger partial charge in [-0.05, 0) is 60.1 Å². The van der Waals surface area contributed by atoms with Crippen molar-refractivity contribution in [3.8, 4) is 11.8 Å². The molecule has 4 aliphatic heterocycles. The highest BCUT2D eigenvalue weighted by atomic mass is 35.5. The van der Waals surface area contributed by atoms with Gasteiger partial charge in [-0.1, -0.05) is 37.3 Å². The van der Waals surface area contributed by atoms with Crippen molar-refractivity contribution in [2.24, 2.45) is 23.7 Å². The van der Waals surface area contributed by atoms with E-state index in [2.05, 4.69) is 11.8 Å². The van der Waals surface area contributed by atoms with Gasteiger partial charge < -0.3 is 63.4 Å². The highest BCUT2D eigenvalue weighted by Gasteiger charge is 2.60. The molecule has 4 fully saturated rings. The molecule has 20 unspecified atom stereocenters. The largest absolute Gasteiger partial charge is 0.457 e. The van der Waals surface area contributed by atoms with Gasteiger partial charge in [0.1, 0.15) is 47.6 Å². The summed E-state index contributed by atoms with van der Waals surface area (Å²) in [4.78, 5) is 13.8. The van der Waals surface area contributed by atoms with Gasteiger partial charge in [0.05, 0.1) is 30.5 Å². The van der Waals surface area contributed by atoms with Crippen LogP contribution in [0, 0.1) is 35.5 Å². The number of esters is 1. The SMILES string of the molecule is COC1C=C(C)CC(C=CC#CC2CC2Cl)OC(=O)C(C)C2(O)CC(OC3OC(C)C(O)C(C)(O)C3OC3OC(C)C(O)C(C)(O)C3OC)C(C)C(O2)C1C. The van der Waals surface area contributed by atoms with E-state index in [1.54, 1.807) is 33.1 Å². The van der Waals surface area contributed by atoms with Crippen LogP contribution in [0.3, 0.4) is 0 Å². The molecule has 1 aliphatic carbocycles. The predicted molar refractivity (Wildman–Crippen MR) is 198 cm³/mol. The smallest absolute Gasteiger partial charge is 0.314 e. The van der Waals surface area contributed by atoms with Crippen LogP contribution >= 0.6 is 11.6 Å². The summed E-state index contributed by atoms with van der Waals surface area (Å²) in [6, 6.07) is 0. The molecule has 3 saturated heterocycles. The number of alkyl halides is 1. The maximum absolute atomic E-state index is 13.8. The van der Waals surface area contributed by atoms with Crippen molar-refractivity contribution >= 4 is 17.6 Å². The number of aliphatic hydroxyl groups excluding tert-OH is 2. The first kappa shape index (κ1) is 44.4. The third-order valence-electron chi connectivity index (χ3n) is 12.2. The third-order valence-corrected chi connectivity index (χ3v) is 12.6. The van der Waals surface area contributed by atoms with Gasteiger partial charge in [-0.2, -0.15) is 0 Å². The van der Waals surface area contributed by atoms with Crippen LogP contribution in [-0.2, 0) is 42.7 Å². The molecule has 0 spiro atoms. The van der Waals surface area contributed by atoms with Crippen LogP contribution in [0.15, 0.2) is 23.8 Å². The molecule has 5 N–H and O–H groups in total. The van der Waals surface area contributed by atoms with Crippen molar-refractivity contribution in [3.05, 3.63) is 23.8 Å². The molecule has 0 aromatic rings. The Balaban J connectivity index is 1.47. The zero-order valence-corrected chi connectivity index (χ0v) is 34.2. The van der Waals surface area contributed by atoms with Gasteiger partial charge in [0.2, 0.25) is 0 Å². The summed E-state index contributed by atoms with van der Waals surface area (Å²) in [5.41, 5.74) is -2.91. The second kappa shape index (κ2) is 17.3. The summed E-state index contributed by atoms with van der Waals surface area (Å²) in [5.74, 6) is 1.45. The van der Waals surface area contributed by atoms with Crippen molar-refractivity contribution in [1.29, 1.82) is 0 Å². The topological polar surface area (TPSA) is 192 Å². The Kier molecular flexibility index (Phi) is 14.0. The molecule has 312 valence electrons. The molecule has 5 aliphatic rings. The molecule has 5 rings (SSSR count). The third kappa shape index (κ3) is 9.31. The molecule has 15 heteroatoms. The van der Waals surface area contributed by atoms with Crippen LogP contribution in [-0.4, -0.2) is 142 Å². The van der Waals surface area contributed by atoms with Gasteiger partial charge >= 0.3 is 5.97 Å². The average Bonchev–Trinajstić information content (AvgIpc) is 3.83. The number of rotatable bonds is 7. The standard InChI is InChI=1S/C40H61ClO14/c1-19-15-26(14-12-11-13-25-17-27(25)41)52-35(44)22(4)40(47)18-29(21(3)30(55-40)20(2)28(16-19)48-9)53-37-34(39(8,46)32(43)24(6)51-37)54-36-33(49-10)38(7,45)31(42)23(5)50-36/h12,14,16,20-34,36-37,42-43,45-47H,15,17-18H2,1-10H3. The number of methoxy groups -OCH3 is 2. The van der Waals surface area contributed by atoms with E-state index in [1.807, 2.05) is 26.8 Å². The minimum Gasteiger partial charge on any atom is -0.457 e. The zero-order chi connectivity index (χ0) is 40.8. The van der Waals surface area contributed by atoms with E-state index in [0.29, 0.717) is 6.42 Å². The molecule has 0 aromatic carbocycles. The Labute approximate surface area is 329 Å². The number of ether oxygens (including phenoxy) is 8. The number of allylic oxidation sites excluding steroid dienone is 1. The van der Waals surface area contributed by atoms with Crippen LogP contribution in [0.25, 0.3) is 0 Å². The molecule has 0 aromatic heterocycles. The molecule has 2 bridgehead atoms. The number of cyclic esters (lactones) is 1. The van der Waals surface area contributed by atoms with Crippen LogP contribution in [0.4, 0.5) is 0 Å². The molecular weight excluding hydrogens is 740 g/mol. The fraction of sp³-hybridized carbons (Fsp3) is 0.825. The van der Waals surface area contributed by atoms with Gasteiger partial charge in [-0.25, -0.2) is 0 Å². The molecule has 1 saturated carbocycles. The Bertz CT molecular complexity index is 1470. The number of carbonyl (C=O) groups is 1. The van der Waals surface area contributed by atoms with Gasteiger partial charge in [0.15, 0.2) is 18.4 Å². The summed E-state index contributed by atoms with van der Waals surface area (Å²) in [6.45, 7) is 13.2. The molecule has 4 heterocycles. The maximum Gasteiger partial charge on any atom is 0.314 e. The summed E-state index contributed by atoms with van der Waals surface area (Å²) in [6.07, 6.45) is -6.46. The minimum absolute atomic E-state index is 0.0613. The second-order valence-corrected chi connectivity index (χ2v) is 17.2. The number of hydrogen-bond acceptors (Lipinski definition) is 14. The van der Waals surface area contributed by atoms with E-state index in [4.69, 9.17) is 49.5 Å². The lowest BCUT2D eigenvalue weighted by Gasteiger charge is -2.54.